The first-order chi connectivity index (χ1) is 12.2. The lowest BCUT2D eigenvalue weighted by Gasteiger charge is -2.28. The van der Waals surface area contributed by atoms with Crippen LogP contribution in [0.15, 0.2) is 42.0 Å². The number of carbonyl (C=O) groups excluding carboxylic acids is 1. The first-order valence-corrected chi connectivity index (χ1v) is 7.66. The van der Waals surface area contributed by atoms with Crippen LogP contribution < -0.4 is 4.74 Å². The van der Waals surface area contributed by atoms with Gasteiger partial charge in [0.1, 0.15) is 12.0 Å². The second-order valence-electron chi connectivity index (χ2n) is 5.56. The Hall–Kier alpha value is -2.80. The standard InChI is InChI=1S/C18H10ClF3O4/c19-12-5-11-6-14(17(24)25)16(18(20,21)22)26-15(11)13(7-12)10-3-1-2-9(4-10)8-23/h1-8,16H,(H,24,25). The summed E-state index contributed by atoms with van der Waals surface area (Å²) in [5, 5.41) is 9.29. The maximum Gasteiger partial charge on any atom is 0.430 e. The van der Waals surface area contributed by atoms with Crippen LogP contribution in [-0.2, 0) is 4.79 Å². The number of carboxylic acid groups (broad SMARTS) is 1. The molecule has 1 atom stereocenters. The van der Waals surface area contributed by atoms with E-state index in [1.165, 1.54) is 24.3 Å². The van der Waals surface area contributed by atoms with Gasteiger partial charge in [-0.15, -0.1) is 0 Å². The molecule has 0 aliphatic carbocycles. The lowest BCUT2D eigenvalue weighted by Crippen LogP contribution is -2.40. The molecule has 1 aliphatic rings. The zero-order chi connectivity index (χ0) is 19.1. The first-order valence-electron chi connectivity index (χ1n) is 7.28. The van der Waals surface area contributed by atoms with Gasteiger partial charge in [-0.2, -0.15) is 13.2 Å². The van der Waals surface area contributed by atoms with Gasteiger partial charge in [0.2, 0.25) is 6.10 Å². The highest BCUT2D eigenvalue weighted by atomic mass is 35.5. The number of halogens is 4. The van der Waals surface area contributed by atoms with Crippen molar-refractivity contribution < 1.29 is 32.6 Å². The summed E-state index contributed by atoms with van der Waals surface area (Å²) in [6, 6.07) is 8.88. The van der Waals surface area contributed by atoms with Crippen LogP contribution in [0.25, 0.3) is 17.2 Å². The molecule has 8 heteroatoms. The summed E-state index contributed by atoms with van der Waals surface area (Å²) in [6.07, 6.45) is -6.02. The molecule has 3 rings (SSSR count). The van der Waals surface area contributed by atoms with Gasteiger partial charge in [0, 0.05) is 21.7 Å². The minimum Gasteiger partial charge on any atom is -0.478 e. The topological polar surface area (TPSA) is 63.6 Å². The molecular weight excluding hydrogens is 373 g/mol. The summed E-state index contributed by atoms with van der Waals surface area (Å²) in [4.78, 5) is 22.2. The Kier molecular flexibility index (Phi) is 4.50. The van der Waals surface area contributed by atoms with Crippen molar-refractivity contribution >= 4 is 29.9 Å². The molecule has 1 heterocycles. The third kappa shape index (κ3) is 3.30. The zero-order valence-corrected chi connectivity index (χ0v) is 13.6. The van der Waals surface area contributed by atoms with E-state index in [0.29, 0.717) is 17.4 Å². The number of carboxylic acids is 1. The molecular formula is C18H10ClF3O4. The number of ether oxygens (including phenoxy) is 1. The molecule has 1 unspecified atom stereocenters. The van der Waals surface area contributed by atoms with Crippen LogP contribution in [0.1, 0.15) is 15.9 Å². The molecule has 0 saturated heterocycles. The lowest BCUT2D eigenvalue weighted by molar-refractivity contribution is -0.187. The van der Waals surface area contributed by atoms with Gasteiger partial charge >= 0.3 is 12.1 Å². The number of aliphatic carboxylic acids is 1. The Morgan fingerprint density at radius 3 is 2.58 bits per heavy atom. The van der Waals surface area contributed by atoms with E-state index in [9.17, 15) is 22.8 Å². The van der Waals surface area contributed by atoms with Gasteiger partial charge in [0.05, 0.1) is 5.57 Å². The Labute approximate surface area is 150 Å². The minimum atomic E-state index is -4.91. The molecule has 0 fully saturated rings. The molecule has 0 spiro atoms. The number of hydrogen-bond acceptors (Lipinski definition) is 3. The van der Waals surface area contributed by atoms with E-state index < -0.39 is 23.8 Å². The van der Waals surface area contributed by atoms with Crippen LogP contribution in [0, 0.1) is 0 Å². The van der Waals surface area contributed by atoms with Gasteiger partial charge in [-0.25, -0.2) is 4.79 Å². The van der Waals surface area contributed by atoms with E-state index >= 15 is 0 Å². The number of fused-ring (bicyclic) bond motifs is 1. The van der Waals surface area contributed by atoms with Crippen LogP contribution in [0.3, 0.4) is 0 Å². The Morgan fingerprint density at radius 2 is 1.96 bits per heavy atom. The molecule has 2 aromatic carbocycles. The number of hydrogen-bond donors (Lipinski definition) is 1. The smallest absolute Gasteiger partial charge is 0.430 e. The van der Waals surface area contributed by atoms with Crippen LogP contribution in [0.5, 0.6) is 5.75 Å². The molecule has 134 valence electrons. The number of alkyl halides is 3. The van der Waals surface area contributed by atoms with E-state index in [0.717, 1.165) is 6.08 Å². The zero-order valence-electron chi connectivity index (χ0n) is 12.9. The first kappa shape index (κ1) is 18.0. The van der Waals surface area contributed by atoms with E-state index in [2.05, 4.69) is 0 Å². The lowest BCUT2D eigenvalue weighted by atomic mass is 9.95. The second kappa shape index (κ2) is 6.49. The Bertz CT molecular complexity index is 935. The van der Waals surface area contributed by atoms with Crippen molar-refractivity contribution in [2.75, 3.05) is 0 Å². The molecule has 26 heavy (non-hydrogen) atoms. The largest absolute Gasteiger partial charge is 0.478 e. The minimum absolute atomic E-state index is 0.113. The van der Waals surface area contributed by atoms with Crippen molar-refractivity contribution in [3.8, 4) is 16.9 Å². The summed E-state index contributed by atoms with van der Waals surface area (Å²) in [7, 11) is 0. The molecule has 0 amide bonds. The van der Waals surface area contributed by atoms with Crippen molar-refractivity contribution in [2.45, 2.75) is 12.3 Å². The summed E-state index contributed by atoms with van der Waals surface area (Å²) in [5.41, 5.74) is 0.149. The summed E-state index contributed by atoms with van der Waals surface area (Å²) >= 11 is 6.03. The van der Waals surface area contributed by atoms with Crippen molar-refractivity contribution in [3.63, 3.8) is 0 Å². The number of carbonyl (C=O) groups is 2. The second-order valence-corrected chi connectivity index (χ2v) is 6.00. The molecule has 1 N–H and O–H groups in total. The maximum absolute atomic E-state index is 13.3. The van der Waals surface area contributed by atoms with Crippen LogP contribution in [0.2, 0.25) is 5.02 Å². The van der Waals surface area contributed by atoms with E-state index in [1.807, 2.05) is 0 Å². The average Bonchev–Trinajstić information content (AvgIpc) is 2.59. The van der Waals surface area contributed by atoms with E-state index in [4.69, 9.17) is 21.4 Å². The van der Waals surface area contributed by atoms with Gasteiger partial charge in [0.25, 0.3) is 0 Å². The number of benzene rings is 2. The van der Waals surface area contributed by atoms with Crippen LogP contribution in [0.4, 0.5) is 13.2 Å². The fraction of sp³-hybridized carbons (Fsp3) is 0.111. The third-order valence-corrected chi connectivity index (χ3v) is 4.01. The highest BCUT2D eigenvalue weighted by molar-refractivity contribution is 6.31. The van der Waals surface area contributed by atoms with Gasteiger partial charge in [-0.3, -0.25) is 4.79 Å². The van der Waals surface area contributed by atoms with Crippen molar-refractivity contribution in [3.05, 3.63) is 58.1 Å². The van der Waals surface area contributed by atoms with Crippen molar-refractivity contribution in [2.24, 2.45) is 0 Å². The maximum atomic E-state index is 13.3. The van der Waals surface area contributed by atoms with E-state index in [-0.39, 0.29) is 21.9 Å². The van der Waals surface area contributed by atoms with Crippen molar-refractivity contribution in [1.29, 1.82) is 0 Å². The predicted molar refractivity (Wildman–Crippen MR) is 88.4 cm³/mol. The number of rotatable bonds is 3. The molecule has 0 saturated carbocycles. The summed E-state index contributed by atoms with van der Waals surface area (Å²) in [5.74, 6) is -1.88. The predicted octanol–water partition coefficient (Wildman–Crippen LogP) is 4.61. The van der Waals surface area contributed by atoms with Gasteiger partial charge in [-0.1, -0.05) is 29.8 Å². The average molecular weight is 383 g/mol. The molecule has 4 nitrogen and oxygen atoms in total. The molecule has 0 aromatic heterocycles. The quantitative estimate of drug-likeness (QED) is 0.787. The van der Waals surface area contributed by atoms with E-state index in [1.54, 1.807) is 12.1 Å². The molecule has 0 bridgehead atoms. The highest BCUT2D eigenvalue weighted by Gasteiger charge is 2.48. The summed E-state index contributed by atoms with van der Waals surface area (Å²) < 4.78 is 44.9. The van der Waals surface area contributed by atoms with Crippen LogP contribution >= 0.6 is 11.6 Å². The molecule has 1 aliphatic heterocycles. The van der Waals surface area contributed by atoms with Gasteiger partial charge < -0.3 is 9.84 Å². The SMILES string of the molecule is O=Cc1cccc(-c2cc(Cl)cc3c2OC(C(F)(F)F)C(C(=O)O)=C3)c1. The molecule has 0 radical (unpaired) electrons. The number of aldehydes is 1. The van der Waals surface area contributed by atoms with Gasteiger partial charge in [0.15, 0.2) is 0 Å². The molecule has 2 aromatic rings. The third-order valence-electron chi connectivity index (χ3n) is 3.79. The fourth-order valence-corrected chi connectivity index (χ4v) is 2.92. The van der Waals surface area contributed by atoms with Crippen LogP contribution in [-0.4, -0.2) is 29.6 Å². The fourth-order valence-electron chi connectivity index (χ4n) is 2.69. The van der Waals surface area contributed by atoms with Crippen molar-refractivity contribution in [1.82, 2.24) is 0 Å². The highest BCUT2D eigenvalue weighted by Crippen LogP contribution is 2.44. The Balaban J connectivity index is 2.24. The summed E-state index contributed by atoms with van der Waals surface area (Å²) in [6.45, 7) is 0. The van der Waals surface area contributed by atoms with Gasteiger partial charge in [-0.05, 0) is 29.8 Å². The normalized spacial score (nSPS) is 16.3. The monoisotopic (exact) mass is 382 g/mol. The Morgan fingerprint density at radius 1 is 1.23 bits per heavy atom.